The van der Waals surface area contributed by atoms with E-state index in [0.717, 1.165) is 10.5 Å². The van der Waals surface area contributed by atoms with Crippen molar-refractivity contribution >= 4 is 29.1 Å². The Hall–Kier alpha value is -1.81. The van der Waals surface area contributed by atoms with Crippen molar-refractivity contribution < 1.29 is 9.59 Å². The highest BCUT2D eigenvalue weighted by molar-refractivity contribution is 6.26. The average Bonchev–Trinajstić information content (AvgIpc) is 2.55. The number of carbonyl (C=O) groups excluding carboxylic acids is 2. The summed E-state index contributed by atoms with van der Waals surface area (Å²) in [7, 11) is 0. The Morgan fingerprint density at radius 3 is 2.71 bits per heavy atom. The summed E-state index contributed by atoms with van der Waals surface area (Å²) in [6.07, 6.45) is 0. The molecule has 0 radical (unpaired) electrons. The smallest absolute Gasteiger partial charge is 0.263 e. The summed E-state index contributed by atoms with van der Waals surface area (Å²) in [6.45, 7) is 1.94. The zero-order valence-electron chi connectivity index (χ0n) is 9.24. The number of benzene rings is 1. The van der Waals surface area contributed by atoms with E-state index in [4.69, 9.17) is 17.3 Å². The quantitative estimate of drug-likeness (QED) is 0.645. The van der Waals surface area contributed by atoms with Gasteiger partial charge in [0.05, 0.1) is 17.7 Å². The molecule has 5 heteroatoms. The van der Waals surface area contributed by atoms with Crippen LogP contribution in [0, 0.1) is 0 Å². The minimum atomic E-state index is -0.360. The van der Waals surface area contributed by atoms with Crippen LogP contribution in [0.25, 0.3) is 0 Å². The summed E-state index contributed by atoms with van der Waals surface area (Å²) in [5.74, 6) is -0.684. The van der Waals surface area contributed by atoms with Crippen molar-refractivity contribution in [3.05, 3.63) is 40.4 Å². The lowest BCUT2D eigenvalue weighted by Gasteiger charge is -2.13. The first-order valence-corrected chi connectivity index (χ1v) is 5.50. The van der Waals surface area contributed by atoms with E-state index in [-0.39, 0.29) is 18.4 Å². The van der Waals surface area contributed by atoms with Gasteiger partial charge in [-0.25, -0.2) is 0 Å². The lowest BCUT2D eigenvalue weighted by molar-refractivity contribution is 0.0668. The molecule has 0 fully saturated rings. The van der Waals surface area contributed by atoms with E-state index in [2.05, 4.69) is 0 Å². The fourth-order valence-electron chi connectivity index (χ4n) is 1.79. The second-order valence-corrected chi connectivity index (χ2v) is 4.14. The molecule has 17 heavy (non-hydrogen) atoms. The van der Waals surface area contributed by atoms with Crippen molar-refractivity contribution in [1.82, 2.24) is 4.90 Å². The number of hydrogen-bond donors (Lipinski definition) is 1. The normalized spacial score (nSPS) is 15.4. The highest BCUT2D eigenvalue weighted by atomic mass is 35.5. The van der Waals surface area contributed by atoms with Gasteiger partial charge in [0.25, 0.3) is 11.8 Å². The Bertz CT molecular complexity index is 537. The van der Waals surface area contributed by atoms with E-state index in [0.29, 0.717) is 16.8 Å². The van der Waals surface area contributed by atoms with Gasteiger partial charge in [-0.15, -0.1) is 0 Å². The molecule has 2 amide bonds. The van der Waals surface area contributed by atoms with Gasteiger partial charge in [0.15, 0.2) is 0 Å². The fraction of sp³-hybridized carbons (Fsp3) is 0.167. The summed E-state index contributed by atoms with van der Waals surface area (Å²) in [4.78, 5) is 25.2. The SMILES string of the molecule is C/C(=C/Cl)CN1C(=O)c2cccc(N)c2C1=O. The minimum Gasteiger partial charge on any atom is -0.398 e. The number of carbonyl (C=O) groups is 2. The number of imide groups is 1. The molecule has 1 aromatic carbocycles. The van der Waals surface area contributed by atoms with Gasteiger partial charge in [-0.3, -0.25) is 14.5 Å². The Morgan fingerprint density at radius 2 is 2.12 bits per heavy atom. The molecule has 0 unspecified atom stereocenters. The topological polar surface area (TPSA) is 63.4 Å². The van der Waals surface area contributed by atoms with Crippen molar-refractivity contribution in [3.8, 4) is 0 Å². The predicted octanol–water partition coefficient (Wildman–Crippen LogP) is 2.01. The first-order valence-electron chi connectivity index (χ1n) is 5.06. The molecular weight excluding hydrogens is 240 g/mol. The van der Waals surface area contributed by atoms with E-state index < -0.39 is 0 Å². The number of rotatable bonds is 2. The van der Waals surface area contributed by atoms with Gasteiger partial charge in [-0.05, 0) is 24.6 Å². The fourth-order valence-corrected chi connectivity index (χ4v) is 1.86. The van der Waals surface area contributed by atoms with Crippen LogP contribution >= 0.6 is 11.6 Å². The van der Waals surface area contributed by atoms with Gasteiger partial charge in [0, 0.05) is 11.2 Å². The van der Waals surface area contributed by atoms with Crippen molar-refractivity contribution in [2.24, 2.45) is 0 Å². The van der Waals surface area contributed by atoms with E-state index in [1.54, 1.807) is 25.1 Å². The molecule has 88 valence electrons. The zero-order valence-corrected chi connectivity index (χ0v) is 9.99. The average molecular weight is 251 g/mol. The molecule has 0 spiro atoms. The summed E-state index contributed by atoms with van der Waals surface area (Å²) < 4.78 is 0. The van der Waals surface area contributed by atoms with Gasteiger partial charge in [0.1, 0.15) is 0 Å². The number of nitrogen functional groups attached to an aromatic ring is 1. The monoisotopic (exact) mass is 250 g/mol. The van der Waals surface area contributed by atoms with Gasteiger partial charge in [-0.1, -0.05) is 17.7 Å². The predicted molar refractivity (Wildman–Crippen MR) is 65.8 cm³/mol. The summed E-state index contributed by atoms with van der Waals surface area (Å²) in [5.41, 5.74) is 8.78. The lowest BCUT2D eigenvalue weighted by atomic mass is 10.1. The van der Waals surface area contributed by atoms with Gasteiger partial charge < -0.3 is 5.73 Å². The third kappa shape index (κ3) is 1.80. The number of anilines is 1. The van der Waals surface area contributed by atoms with Gasteiger partial charge >= 0.3 is 0 Å². The molecule has 0 bridgehead atoms. The van der Waals surface area contributed by atoms with Crippen LogP contribution in [0.15, 0.2) is 29.3 Å². The van der Waals surface area contributed by atoms with E-state index in [1.807, 2.05) is 0 Å². The molecule has 2 N–H and O–H groups in total. The molecule has 1 aliphatic rings. The standard InChI is InChI=1S/C12H11ClN2O2/c1-7(5-13)6-15-11(16)8-3-2-4-9(14)10(8)12(15)17/h2-5H,6,14H2,1H3/b7-5-. The highest BCUT2D eigenvalue weighted by Gasteiger charge is 2.36. The molecule has 1 heterocycles. The highest BCUT2D eigenvalue weighted by Crippen LogP contribution is 2.27. The van der Waals surface area contributed by atoms with Crippen molar-refractivity contribution in [3.63, 3.8) is 0 Å². The summed E-state index contributed by atoms with van der Waals surface area (Å²) >= 11 is 5.53. The number of halogens is 1. The molecule has 0 atom stereocenters. The molecule has 0 saturated heterocycles. The molecule has 0 saturated carbocycles. The minimum absolute atomic E-state index is 0.190. The lowest BCUT2D eigenvalue weighted by Crippen LogP contribution is -2.31. The number of nitrogens with two attached hydrogens (primary N) is 1. The van der Waals surface area contributed by atoms with Gasteiger partial charge in [-0.2, -0.15) is 0 Å². The molecule has 4 nitrogen and oxygen atoms in total. The van der Waals surface area contributed by atoms with Crippen LogP contribution in [-0.4, -0.2) is 23.3 Å². The molecule has 2 rings (SSSR count). The molecular formula is C12H11ClN2O2. The first-order chi connectivity index (χ1) is 8.06. The van der Waals surface area contributed by atoms with Crippen LogP contribution in [0.2, 0.25) is 0 Å². The third-order valence-corrected chi connectivity index (χ3v) is 3.00. The molecule has 0 aliphatic carbocycles. The molecule has 1 aromatic rings. The zero-order chi connectivity index (χ0) is 12.6. The number of amides is 2. The van der Waals surface area contributed by atoms with E-state index in [9.17, 15) is 9.59 Å². The second-order valence-electron chi connectivity index (χ2n) is 3.92. The maximum absolute atomic E-state index is 12.0. The molecule has 1 aliphatic heterocycles. The second kappa shape index (κ2) is 4.22. The van der Waals surface area contributed by atoms with Crippen LogP contribution in [-0.2, 0) is 0 Å². The van der Waals surface area contributed by atoms with Crippen LogP contribution in [0.5, 0.6) is 0 Å². The van der Waals surface area contributed by atoms with E-state index in [1.165, 1.54) is 5.54 Å². The Balaban J connectivity index is 2.43. The third-order valence-electron chi connectivity index (χ3n) is 2.63. The van der Waals surface area contributed by atoms with Crippen molar-refractivity contribution in [1.29, 1.82) is 0 Å². The van der Waals surface area contributed by atoms with Crippen LogP contribution in [0.3, 0.4) is 0 Å². The van der Waals surface area contributed by atoms with Gasteiger partial charge in [0.2, 0.25) is 0 Å². The van der Waals surface area contributed by atoms with Crippen LogP contribution < -0.4 is 5.73 Å². The summed E-state index contributed by atoms with van der Waals surface area (Å²) in [6, 6.07) is 4.87. The largest absolute Gasteiger partial charge is 0.398 e. The maximum Gasteiger partial charge on any atom is 0.263 e. The van der Waals surface area contributed by atoms with E-state index >= 15 is 0 Å². The number of nitrogens with zero attached hydrogens (tertiary/aromatic N) is 1. The molecule has 0 aromatic heterocycles. The Kier molecular flexibility index (Phi) is 2.90. The van der Waals surface area contributed by atoms with Crippen molar-refractivity contribution in [2.45, 2.75) is 6.92 Å². The first kappa shape index (κ1) is 11.7. The maximum atomic E-state index is 12.0. The Morgan fingerprint density at radius 1 is 1.41 bits per heavy atom. The van der Waals surface area contributed by atoms with Crippen molar-refractivity contribution in [2.75, 3.05) is 12.3 Å². The number of hydrogen-bond acceptors (Lipinski definition) is 3. The Labute approximate surface area is 104 Å². The van der Waals surface area contributed by atoms with Crippen LogP contribution in [0.1, 0.15) is 27.6 Å². The summed E-state index contributed by atoms with van der Waals surface area (Å²) in [5, 5.41) is 0. The van der Waals surface area contributed by atoms with Crippen LogP contribution in [0.4, 0.5) is 5.69 Å². The number of fused-ring (bicyclic) bond motifs is 1.